The number of carbonyl (C=O) groups excluding carboxylic acids is 1. The standard InChI is InChI=1S/C22H22N2O6S/c25-22(24-17-7-8-20-21(15-17)30-13-3-12-29-20)16-4-1-6-19(14-16)31(26,27)23-10-9-18-5-2-11-28-18/h1-2,4-8,11,14-15,23H,3,9-10,12-13H2,(H,24,25). The summed E-state index contributed by atoms with van der Waals surface area (Å²) in [5.74, 6) is 1.45. The van der Waals surface area contributed by atoms with Gasteiger partial charge in [-0.05, 0) is 42.5 Å². The minimum atomic E-state index is -3.77. The van der Waals surface area contributed by atoms with E-state index in [2.05, 4.69) is 10.0 Å². The highest BCUT2D eigenvalue weighted by Crippen LogP contribution is 2.32. The Morgan fingerprint density at radius 2 is 1.81 bits per heavy atom. The third-order valence-electron chi connectivity index (χ3n) is 4.66. The van der Waals surface area contributed by atoms with Crippen LogP contribution in [0, 0.1) is 0 Å². The Labute approximate surface area is 180 Å². The molecule has 0 saturated carbocycles. The molecule has 0 atom stereocenters. The molecule has 0 spiro atoms. The Hall–Kier alpha value is -3.30. The lowest BCUT2D eigenvalue weighted by Crippen LogP contribution is -2.26. The molecule has 0 radical (unpaired) electrons. The second-order valence-corrected chi connectivity index (χ2v) is 8.69. The molecule has 1 aromatic heterocycles. The lowest BCUT2D eigenvalue weighted by molar-refractivity contribution is 0.102. The molecule has 0 unspecified atom stereocenters. The van der Waals surface area contributed by atoms with Gasteiger partial charge in [0.1, 0.15) is 5.76 Å². The van der Waals surface area contributed by atoms with Gasteiger partial charge in [0.15, 0.2) is 11.5 Å². The van der Waals surface area contributed by atoms with Gasteiger partial charge in [-0.3, -0.25) is 4.79 Å². The van der Waals surface area contributed by atoms with Gasteiger partial charge in [-0.15, -0.1) is 0 Å². The van der Waals surface area contributed by atoms with Crippen LogP contribution in [0.15, 0.2) is 70.2 Å². The minimum Gasteiger partial charge on any atom is -0.490 e. The van der Waals surface area contributed by atoms with E-state index in [1.165, 1.54) is 24.5 Å². The molecule has 1 aliphatic heterocycles. The Bertz CT molecular complexity index is 1160. The Morgan fingerprint density at radius 1 is 0.968 bits per heavy atom. The van der Waals surface area contributed by atoms with Crippen LogP contribution in [0.3, 0.4) is 0 Å². The number of anilines is 1. The third kappa shape index (κ3) is 5.25. The van der Waals surface area contributed by atoms with Crippen LogP contribution in [0.2, 0.25) is 0 Å². The van der Waals surface area contributed by atoms with Gasteiger partial charge in [0, 0.05) is 36.7 Å². The molecule has 0 fully saturated rings. The van der Waals surface area contributed by atoms with Crippen molar-refractivity contribution in [1.82, 2.24) is 4.72 Å². The number of hydrogen-bond acceptors (Lipinski definition) is 6. The topological polar surface area (TPSA) is 107 Å². The highest BCUT2D eigenvalue weighted by Gasteiger charge is 2.17. The van der Waals surface area contributed by atoms with Crippen molar-refractivity contribution in [2.45, 2.75) is 17.7 Å². The molecule has 4 rings (SSSR count). The molecule has 1 amide bonds. The van der Waals surface area contributed by atoms with Crippen LogP contribution in [0.25, 0.3) is 0 Å². The largest absolute Gasteiger partial charge is 0.490 e. The third-order valence-corrected chi connectivity index (χ3v) is 6.11. The van der Waals surface area contributed by atoms with Crippen LogP contribution in [0.1, 0.15) is 22.5 Å². The van der Waals surface area contributed by atoms with Gasteiger partial charge in [0.2, 0.25) is 10.0 Å². The number of fused-ring (bicyclic) bond motifs is 1. The van der Waals surface area contributed by atoms with Crippen LogP contribution in [0.5, 0.6) is 11.5 Å². The Balaban J connectivity index is 1.43. The molecule has 162 valence electrons. The Morgan fingerprint density at radius 3 is 2.61 bits per heavy atom. The average Bonchev–Trinajstić information content (AvgIpc) is 3.17. The van der Waals surface area contributed by atoms with E-state index in [1.54, 1.807) is 36.4 Å². The molecule has 2 heterocycles. The molecular weight excluding hydrogens is 420 g/mol. The summed E-state index contributed by atoms with van der Waals surface area (Å²) in [6, 6.07) is 14.5. The van der Waals surface area contributed by atoms with Gasteiger partial charge in [0.05, 0.1) is 24.4 Å². The van der Waals surface area contributed by atoms with Crippen LogP contribution in [0.4, 0.5) is 5.69 Å². The lowest BCUT2D eigenvalue weighted by Gasteiger charge is -2.11. The van der Waals surface area contributed by atoms with Crippen molar-refractivity contribution >= 4 is 21.6 Å². The maximum atomic E-state index is 12.7. The highest BCUT2D eigenvalue weighted by atomic mass is 32.2. The van der Waals surface area contributed by atoms with Gasteiger partial charge in [-0.2, -0.15) is 0 Å². The van der Waals surface area contributed by atoms with Gasteiger partial charge in [-0.25, -0.2) is 13.1 Å². The summed E-state index contributed by atoms with van der Waals surface area (Å²) in [5.41, 5.74) is 0.750. The van der Waals surface area contributed by atoms with Crippen molar-refractivity contribution in [1.29, 1.82) is 0 Å². The Kier molecular flexibility index (Phi) is 6.24. The number of benzene rings is 2. The van der Waals surface area contributed by atoms with E-state index in [-0.39, 0.29) is 17.0 Å². The zero-order valence-corrected chi connectivity index (χ0v) is 17.5. The SMILES string of the molecule is O=C(Nc1ccc2c(c1)OCCCO2)c1cccc(S(=O)(=O)NCCc2ccco2)c1. The first-order valence-electron chi connectivity index (χ1n) is 9.84. The van der Waals surface area contributed by atoms with E-state index >= 15 is 0 Å². The molecule has 0 bridgehead atoms. The quantitative estimate of drug-likeness (QED) is 0.582. The van der Waals surface area contributed by atoms with Gasteiger partial charge < -0.3 is 19.2 Å². The van der Waals surface area contributed by atoms with E-state index in [0.29, 0.717) is 42.6 Å². The monoisotopic (exact) mass is 442 g/mol. The maximum absolute atomic E-state index is 12.7. The highest BCUT2D eigenvalue weighted by molar-refractivity contribution is 7.89. The minimum absolute atomic E-state index is 0.0123. The first-order chi connectivity index (χ1) is 15.0. The molecule has 3 aromatic rings. The van der Waals surface area contributed by atoms with Gasteiger partial charge >= 0.3 is 0 Å². The molecule has 9 heteroatoms. The van der Waals surface area contributed by atoms with Crippen molar-refractivity contribution in [2.24, 2.45) is 0 Å². The van der Waals surface area contributed by atoms with Crippen LogP contribution >= 0.6 is 0 Å². The number of ether oxygens (including phenoxy) is 2. The first-order valence-corrected chi connectivity index (χ1v) is 11.3. The number of amides is 1. The number of hydrogen-bond donors (Lipinski definition) is 2. The van der Waals surface area contributed by atoms with Crippen LogP contribution in [-0.4, -0.2) is 34.1 Å². The molecule has 2 N–H and O–H groups in total. The zero-order chi connectivity index (χ0) is 21.7. The summed E-state index contributed by atoms with van der Waals surface area (Å²) in [5, 5.41) is 2.77. The van der Waals surface area contributed by atoms with E-state index in [9.17, 15) is 13.2 Å². The van der Waals surface area contributed by atoms with E-state index in [4.69, 9.17) is 13.9 Å². The number of nitrogens with one attached hydrogen (secondary N) is 2. The summed E-state index contributed by atoms with van der Waals surface area (Å²) in [6.45, 7) is 1.30. The summed E-state index contributed by atoms with van der Waals surface area (Å²) < 4.78 is 44.1. The average molecular weight is 442 g/mol. The predicted molar refractivity (Wildman–Crippen MR) is 114 cm³/mol. The molecule has 1 aliphatic rings. The summed E-state index contributed by atoms with van der Waals surface area (Å²) in [7, 11) is -3.77. The second-order valence-electron chi connectivity index (χ2n) is 6.92. The van der Waals surface area contributed by atoms with Crippen molar-refractivity contribution in [3.8, 4) is 11.5 Å². The fraction of sp³-hybridized carbons (Fsp3) is 0.227. The number of rotatable bonds is 7. The number of furan rings is 1. The summed E-state index contributed by atoms with van der Waals surface area (Å²) in [4.78, 5) is 12.7. The van der Waals surface area contributed by atoms with Gasteiger partial charge in [0.25, 0.3) is 5.91 Å². The number of sulfonamides is 1. The molecule has 0 aliphatic carbocycles. The smallest absolute Gasteiger partial charge is 0.255 e. The van der Waals surface area contributed by atoms with E-state index < -0.39 is 15.9 Å². The summed E-state index contributed by atoms with van der Waals surface area (Å²) in [6.07, 6.45) is 2.75. The van der Waals surface area contributed by atoms with Crippen molar-refractivity contribution in [2.75, 3.05) is 25.1 Å². The maximum Gasteiger partial charge on any atom is 0.255 e. The zero-order valence-electron chi connectivity index (χ0n) is 16.7. The van der Waals surface area contributed by atoms with E-state index in [0.717, 1.165) is 6.42 Å². The molecule has 2 aromatic carbocycles. The normalized spacial score (nSPS) is 13.4. The van der Waals surface area contributed by atoms with Crippen LogP contribution < -0.4 is 19.5 Å². The molecule has 8 nitrogen and oxygen atoms in total. The van der Waals surface area contributed by atoms with Gasteiger partial charge in [-0.1, -0.05) is 6.07 Å². The van der Waals surface area contributed by atoms with Crippen molar-refractivity contribution in [3.63, 3.8) is 0 Å². The first kappa shape index (κ1) is 21.0. The fourth-order valence-electron chi connectivity index (χ4n) is 3.10. The summed E-state index contributed by atoms with van der Waals surface area (Å²) >= 11 is 0. The molecule has 0 saturated heterocycles. The van der Waals surface area contributed by atoms with Crippen molar-refractivity contribution < 1.29 is 27.1 Å². The second kappa shape index (κ2) is 9.23. The lowest BCUT2D eigenvalue weighted by atomic mass is 10.2. The molecular formula is C22H22N2O6S. The van der Waals surface area contributed by atoms with Crippen LogP contribution in [-0.2, 0) is 16.4 Å². The molecule has 31 heavy (non-hydrogen) atoms. The number of carbonyl (C=O) groups is 1. The predicted octanol–water partition coefficient (Wildman–Crippen LogP) is 3.21. The fourth-order valence-corrected chi connectivity index (χ4v) is 4.17. The van der Waals surface area contributed by atoms with Crippen molar-refractivity contribution in [3.05, 3.63) is 72.2 Å². The van der Waals surface area contributed by atoms with E-state index in [1.807, 2.05) is 0 Å².